The fourth-order valence-electron chi connectivity index (χ4n) is 2.73. The van der Waals surface area contributed by atoms with Crippen LogP contribution >= 0.6 is 0 Å². The molecular weight excluding hydrogens is 318 g/mol. The Balaban J connectivity index is 2.12. The summed E-state index contributed by atoms with van der Waals surface area (Å²) in [4.78, 5) is 23.4. The quantitative estimate of drug-likeness (QED) is 0.770. The van der Waals surface area contributed by atoms with Crippen LogP contribution in [-0.4, -0.2) is 26.8 Å². The van der Waals surface area contributed by atoms with E-state index in [1.807, 2.05) is 19.1 Å². The number of carboxylic acids is 1. The number of aliphatic carboxylic acids is 1. The highest BCUT2D eigenvalue weighted by atomic mass is 16.4. The molecule has 1 aromatic carbocycles. The SMILES string of the molecule is CCC(C)c1ccc(C(CC)NC(=O)c2ccnn2CC(=O)O)cc1. The fraction of sp³-hybridized carbons (Fsp3) is 0.421. The summed E-state index contributed by atoms with van der Waals surface area (Å²) < 4.78 is 1.19. The lowest BCUT2D eigenvalue weighted by Crippen LogP contribution is -2.30. The molecule has 0 saturated carbocycles. The second-order valence-corrected chi connectivity index (χ2v) is 6.18. The predicted molar refractivity (Wildman–Crippen MR) is 95.5 cm³/mol. The number of carbonyl (C=O) groups excluding carboxylic acids is 1. The van der Waals surface area contributed by atoms with Crippen molar-refractivity contribution in [2.24, 2.45) is 0 Å². The Kier molecular flexibility index (Phi) is 6.33. The van der Waals surface area contributed by atoms with Crippen molar-refractivity contribution >= 4 is 11.9 Å². The van der Waals surface area contributed by atoms with Crippen molar-refractivity contribution < 1.29 is 14.7 Å². The lowest BCUT2D eigenvalue weighted by molar-refractivity contribution is -0.137. The topological polar surface area (TPSA) is 84.2 Å². The van der Waals surface area contributed by atoms with Crippen molar-refractivity contribution in [1.29, 1.82) is 0 Å². The summed E-state index contributed by atoms with van der Waals surface area (Å²) in [6.07, 6.45) is 3.25. The van der Waals surface area contributed by atoms with Gasteiger partial charge in [-0.15, -0.1) is 0 Å². The van der Waals surface area contributed by atoms with E-state index in [0.717, 1.165) is 18.4 Å². The minimum absolute atomic E-state index is 0.133. The van der Waals surface area contributed by atoms with E-state index in [-0.39, 0.29) is 24.2 Å². The predicted octanol–water partition coefficient (Wildman–Crippen LogP) is 3.36. The van der Waals surface area contributed by atoms with E-state index in [1.165, 1.54) is 22.5 Å². The van der Waals surface area contributed by atoms with Crippen LogP contribution in [0, 0.1) is 0 Å². The van der Waals surface area contributed by atoms with E-state index in [9.17, 15) is 9.59 Å². The molecule has 0 aliphatic heterocycles. The van der Waals surface area contributed by atoms with Crippen LogP contribution in [0.2, 0.25) is 0 Å². The van der Waals surface area contributed by atoms with Gasteiger partial charge in [0, 0.05) is 6.20 Å². The van der Waals surface area contributed by atoms with E-state index >= 15 is 0 Å². The summed E-state index contributed by atoms with van der Waals surface area (Å²) in [6.45, 7) is 6.02. The number of hydrogen-bond donors (Lipinski definition) is 2. The highest BCUT2D eigenvalue weighted by Crippen LogP contribution is 2.23. The van der Waals surface area contributed by atoms with Gasteiger partial charge in [0.25, 0.3) is 5.91 Å². The van der Waals surface area contributed by atoms with Crippen molar-refractivity contribution in [1.82, 2.24) is 15.1 Å². The lowest BCUT2D eigenvalue weighted by atomic mass is 9.95. The van der Waals surface area contributed by atoms with Gasteiger partial charge in [-0.25, -0.2) is 4.68 Å². The number of aromatic nitrogens is 2. The molecule has 0 aliphatic carbocycles. The molecule has 0 aliphatic rings. The molecule has 2 unspecified atom stereocenters. The molecule has 0 radical (unpaired) electrons. The molecule has 2 aromatic rings. The largest absolute Gasteiger partial charge is 0.480 e. The normalized spacial score (nSPS) is 13.2. The van der Waals surface area contributed by atoms with Gasteiger partial charge in [-0.2, -0.15) is 5.10 Å². The maximum absolute atomic E-state index is 12.5. The summed E-state index contributed by atoms with van der Waals surface area (Å²) in [5, 5.41) is 15.8. The molecule has 1 heterocycles. The van der Waals surface area contributed by atoms with E-state index in [4.69, 9.17) is 5.11 Å². The maximum Gasteiger partial charge on any atom is 0.325 e. The van der Waals surface area contributed by atoms with Crippen molar-refractivity contribution in [3.63, 3.8) is 0 Å². The van der Waals surface area contributed by atoms with Crippen LogP contribution in [0.4, 0.5) is 0 Å². The third-order valence-electron chi connectivity index (χ3n) is 4.47. The lowest BCUT2D eigenvalue weighted by Gasteiger charge is -2.19. The van der Waals surface area contributed by atoms with E-state index < -0.39 is 5.97 Å². The Morgan fingerprint density at radius 2 is 1.76 bits per heavy atom. The van der Waals surface area contributed by atoms with Gasteiger partial charge < -0.3 is 10.4 Å². The first-order valence-electron chi connectivity index (χ1n) is 8.60. The number of carbonyl (C=O) groups is 2. The molecule has 6 heteroatoms. The van der Waals surface area contributed by atoms with Gasteiger partial charge >= 0.3 is 5.97 Å². The van der Waals surface area contributed by atoms with Gasteiger partial charge in [-0.1, -0.05) is 45.0 Å². The number of nitrogens with one attached hydrogen (secondary N) is 1. The van der Waals surface area contributed by atoms with Gasteiger partial charge in [0.15, 0.2) is 0 Å². The highest BCUT2D eigenvalue weighted by molar-refractivity contribution is 5.93. The first-order valence-corrected chi connectivity index (χ1v) is 8.60. The van der Waals surface area contributed by atoms with Gasteiger partial charge in [-0.3, -0.25) is 9.59 Å². The number of carboxylic acid groups (broad SMARTS) is 1. The van der Waals surface area contributed by atoms with E-state index in [2.05, 4.69) is 36.4 Å². The van der Waals surface area contributed by atoms with Crippen molar-refractivity contribution in [3.8, 4) is 0 Å². The van der Waals surface area contributed by atoms with E-state index in [1.54, 1.807) is 0 Å². The minimum atomic E-state index is -1.04. The monoisotopic (exact) mass is 343 g/mol. The minimum Gasteiger partial charge on any atom is -0.480 e. The standard InChI is InChI=1S/C19H25N3O3/c1-4-13(3)14-6-8-15(9-7-14)16(5-2)21-19(25)17-10-11-20-22(17)12-18(23)24/h6-11,13,16H,4-5,12H2,1-3H3,(H,21,25)(H,23,24). The number of nitrogens with zero attached hydrogens (tertiary/aromatic N) is 2. The van der Waals surface area contributed by atoms with Crippen LogP contribution in [0.5, 0.6) is 0 Å². The van der Waals surface area contributed by atoms with Crippen LogP contribution in [-0.2, 0) is 11.3 Å². The van der Waals surface area contributed by atoms with Gasteiger partial charge in [0.05, 0.1) is 6.04 Å². The molecule has 2 atom stereocenters. The smallest absolute Gasteiger partial charge is 0.325 e. The molecule has 1 aromatic heterocycles. The summed E-state index contributed by atoms with van der Waals surface area (Å²) in [7, 11) is 0. The highest BCUT2D eigenvalue weighted by Gasteiger charge is 2.18. The summed E-state index contributed by atoms with van der Waals surface area (Å²) in [6, 6.07) is 9.69. The summed E-state index contributed by atoms with van der Waals surface area (Å²) in [5.41, 5.74) is 2.57. The average molecular weight is 343 g/mol. The van der Waals surface area contributed by atoms with Crippen molar-refractivity contribution in [2.45, 2.75) is 52.1 Å². The molecule has 25 heavy (non-hydrogen) atoms. The van der Waals surface area contributed by atoms with Crippen molar-refractivity contribution in [2.75, 3.05) is 0 Å². The summed E-state index contributed by atoms with van der Waals surface area (Å²) in [5.74, 6) is -0.851. The van der Waals surface area contributed by atoms with Crippen LogP contribution in [0.15, 0.2) is 36.5 Å². The Bertz CT molecular complexity index is 722. The van der Waals surface area contributed by atoms with Crippen LogP contribution in [0.25, 0.3) is 0 Å². The molecule has 2 rings (SSSR count). The van der Waals surface area contributed by atoms with Crippen LogP contribution in [0.3, 0.4) is 0 Å². The molecule has 0 saturated heterocycles. The van der Waals surface area contributed by atoms with Crippen molar-refractivity contribution in [3.05, 3.63) is 53.3 Å². The van der Waals surface area contributed by atoms with Crippen LogP contribution < -0.4 is 5.32 Å². The third kappa shape index (κ3) is 4.68. The Hall–Kier alpha value is -2.63. The number of benzene rings is 1. The number of hydrogen-bond acceptors (Lipinski definition) is 3. The molecular formula is C19H25N3O3. The molecule has 0 fully saturated rings. The van der Waals surface area contributed by atoms with Crippen LogP contribution in [0.1, 0.15) is 67.2 Å². The molecule has 134 valence electrons. The van der Waals surface area contributed by atoms with Gasteiger partial charge in [0.1, 0.15) is 12.2 Å². The number of amides is 1. The first-order chi connectivity index (χ1) is 12.0. The van der Waals surface area contributed by atoms with Gasteiger partial charge in [-0.05, 0) is 36.0 Å². The molecule has 1 amide bonds. The zero-order valence-corrected chi connectivity index (χ0v) is 14.9. The Morgan fingerprint density at radius 3 is 2.32 bits per heavy atom. The molecule has 6 nitrogen and oxygen atoms in total. The Morgan fingerprint density at radius 1 is 1.12 bits per heavy atom. The zero-order chi connectivity index (χ0) is 18.4. The third-order valence-corrected chi connectivity index (χ3v) is 4.47. The maximum atomic E-state index is 12.5. The molecule has 2 N–H and O–H groups in total. The Labute approximate surface area is 147 Å². The summed E-state index contributed by atoms with van der Waals surface area (Å²) >= 11 is 0. The fourth-order valence-corrected chi connectivity index (χ4v) is 2.73. The number of rotatable bonds is 8. The second kappa shape index (κ2) is 8.46. The van der Waals surface area contributed by atoms with Gasteiger partial charge in [0.2, 0.25) is 0 Å². The molecule has 0 spiro atoms. The second-order valence-electron chi connectivity index (χ2n) is 6.18. The van der Waals surface area contributed by atoms with E-state index in [0.29, 0.717) is 5.92 Å². The zero-order valence-electron chi connectivity index (χ0n) is 14.9. The average Bonchev–Trinajstić information content (AvgIpc) is 3.06. The first kappa shape index (κ1) is 18.7. The molecule has 0 bridgehead atoms.